The quantitative estimate of drug-likeness (QED) is 0.772. The third-order valence-electron chi connectivity index (χ3n) is 2.90. The number of amides is 1. The summed E-state index contributed by atoms with van der Waals surface area (Å²) in [7, 11) is 0. The summed E-state index contributed by atoms with van der Waals surface area (Å²) in [5, 5.41) is 5.94. The molecular formula is C17H19BrN2O2. The van der Waals surface area contributed by atoms with E-state index in [1.807, 2.05) is 48.5 Å². The highest BCUT2D eigenvalue weighted by atomic mass is 79.9. The molecule has 0 aliphatic rings. The van der Waals surface area contributed by atoms with Crippen LogP contribution in [-0.2, 0) is 4.79 Å². The van der Waals surface area contributed by atoms with Crippen molar-refractivity contribution < 1.29 is 9.53 Å². The molecule has 5 heteroatoms. The second-order valence-electron chi connectivity index (χ2n) is 4.76. The number of anilines is 2. The Balaban J connectivity index is 1.88. The lowest BCUT2D eigenvalue weighted by Gasteiger charge is -2.10. The van der Waals surface area contributed by atoms with Crippen LogP contribution in [0.15, 0.2) is 53.0 Å². The molecule has 0 unspecified atom stereocenters. The van der Waals surface area contributed by atoms with E-state index < -0.39 is 0 Å². The van der Waals surface area contributed by atoms with Crippen molar-refractivity contribution in [3.05, 3.63) is 53.0 Å². The van der Waals surface area contributed by atoms with Crippen molar-refractivity contribution in [2.24, 2.45) is 0 Å². The Morgan fingerprint density at radius 2 is 2.00 bits per heavy atom. The zero-order valence-corrected chi connectivity index (χ0v) is 14.0. The molecule has 0 fully saturated rings. The molecule has 2 rings (SSSR count). The summed E-state index contributed by atoms with van der Waals surface area (Å²) in [6.45, 7) is 2.92. The van der Waals surface area contributed by atoms with Crippen molar-refractivity contribution >= 4 is 33.2 Å². The maximum Gasteiger partial charge on any atom is 0.243 e. The van der Waals surface area contributed by atoms with Crippen LogP contribution in [0.25, 0.3) is 0 Å². The van der Waals surface area contributed by atoms with Gasteiger partial charge in [0.25, 0.3) is 0 Å². The summed E-state index contributed by atoms with van der Waals surface area (Å²) in [4.78, 5) is 12.0. The van der Waals surface area contributed by atoms with Crippen molar-refractivity contribution in [3.63, 3.8) is 0 Å². The molecule has 22 heavy (non-hydrogen) atoms. The van der Waals surface area contributed by atoms with Gasteiger partial charge in [-0.15, -0.1) is 0 Å². The van der Waals surface area contributed by atoms with Gasteiger partial charge in [0.15, 0.2) is 0 Å². The lowest BCUT2D eigenvalue weighted by Crippen LogP contribution is -2.21. The Kier molecular flexibility index (Phi) is 6.27. The lowest BCUT2D eigenvalue weighted by molar-refractivity contribution is -0.114. The summed E-state index contributed by atoms with van der Waals surface area (Å²) in [5.74, 6) is 0.654. The van der Waals surface area contributed by atoms with Gasteiger partial charge in [0.2, 0.25) is 5.91 Å². The number of hydrogen-bond acceptors (Lipinski definition) is 3. The van der Waals surface area contributed by atoms with Gasteiger partial charge < -0.3 is 15.4 Å². The minimum Gasteiger partial charge on any atom is -0.494 e. The fourth-order valence-corrected chi connectivity index (χ4v) is 2.29. The van der Waals surface area contributed by atoms with Crippen LogP contribution >= 0.6 is 15.9 Å². The van der Waals surface area contributed by atoms with Gasteiger partial charge in [0.1, 0.15) is 5.75 Å². The number of carbonyl (C=O) groups is 1. The highest BCUT2D eigenvalue weighted by molar-refractivity contribution is 9.10. The first-order valence-corrected chi connectivity index (χ1v) is 7.99. The molecule has 0 atom stereocenters. The van der Waals surface area contributed by atoms with E-state index in [-0.39, 0.29) is 12.5 Å². The maximum atomic E-state index is 12.0. The second kappa shape index (κ2) is 8.44. The summed E-state index contributed by atoms with van der Waals surface area (Å²) in [6.07, 6.45) is 0.951. The Labute approximate surface area is 139 Å². The van der Waals surface area contributed by atoms with Crippen LogP contribution in [0.1, 0.15) is 13.3 Å². The van der Waals surface area contributed by atoms with E-state index in [1.165, 1.54) is 0 Å². The Bertz CT molecular complexity index is 632. The first-order chi connectivity index (χ1) is 10.7. The molecule has 1 amide bonds. The highest BCUT2D eigenvalue weighted by Gasteiger charge is 2.05. The van der Waals surface area contributed by atoms with Crippen molar-refractivity contribution in [2.45, 2.75) is 13.3 Å². The third kappa shape index (κ3) is 5.07. The number of nitrogens with one attached hydrogen (secondary N) is 2. The van der Waals surface area contributed by atoms with Crippen molar-refractivity contribution in [2.75, 3.05) is 23.8 Å². The molecule has 116 valence electrons. The molecule has 0 saturated carbocycles. The number of carbonyl (C=O) groups excluding carboxylic acids is 1. The maximum absolute atomic E-state index is 12.0. The zero-order valence-electron chi connectivity index (χ0n) is 12.4. The van der Waals surface area contributed by atoms with E-state index in [4.69, 9.17) is 4.74 Å². The van der Waals surface area contributed by atoms with Gasteiger partial charge in [-0.25, -0.2) is 0 Å². The third-order valence-corrected chi connectivity index (χ3v) is 3.60. The molecular weight excluding hydrogens is 344 g/mol. The zero-order chi connectivity index (χ0) is 15.8. The van der Waals surface area contributed by atoms with E-state index in [0.717, 1.165) is 28.0 Å². The van der Waals surface area contributed by atoms with Crippen LogP contribution in [0.2, 0.25) is 0 Å². The van der Waals surface area contributed by atoms with Gasteiger partial charge in [-0.1, -0.05) is 25.1 Å². The van der Waals surface area contributed by atoms with E-state index in [9.17, 15) is 4.79 Å². The molecule has 0 aliphatic heterocycles. The summed E-state index contributed by atoms with van der Waals surface area (Å²) in [6, 6.07) is 15.1. The molecule has 0 aliphatic carbocycles. The van der Waals surface area contributed by atoms with Gasteiger partial charge in [-0.2, -0.15) is 0 Å². The molecule has 0 bridgehead atoms. The number of halogens is 1. The number of benzene rings is 2. The van der Waals surface area contributed by atoms with E-state index >= 15 is 0 Å². The van der Waals surface area contributed by atoms with Crippen molar-refractivity contribution in [1.82, 2.24) is 0 Å². The Hall–Kier alpha value is -2.01. The summed E-state index contributed by atoms with van der Waals surface area (Å²) in [5.41, 5.74) is 1.62. The molecule has 0 heterocycles. The minimum absolute atomic E-state index is 0.108. The lowest BCUT2D eigenvalue weighted by atomic mass is 10.3. The molecule has 2 aromatic carbocycles. The van der Waals surface area contributed by atoms with Crippen molar-refractivity contribution in [3.8, 4) is 5.75 Å². The van der Waals surface area contributed by atoms with Crippen LogP contribution < -0.4 is 15.4 Å². The van der Waals surface area contributed by atoms with Crippen molar-refractivity contribution in [1.29, 1.82) is 0 Å². The van der Waals surface area contributed by atoms with E-state index in [2.05, 4.69) is 33.5 Å². The first-order valence-electron chi connectivity index (χ1n) is 7.20. The second-order valence-corrected chi connectivity index (χ2v) is 5.61. The molecule has 4 nitrogen and oxygen atoms in total. The normalized spacial score (nSPS) is 10.1. The molecule has 2 aromatic rings. The molecule has 0 saturated heterocycles. The smallest absolute Gasteiger partial charge is 0.243 e. The Morgan fingerprint density at radius 3 is 2.77 bits per heavy atom. The average molecular weight is 363 g/mol. The highest BCUT2D eigenvalue weighted by Crippen LogP contribution is 2.21. The summed E-state index contributed by atoms with van der Waals surface area (Å²) >= 11 is 3.44. The van der Waals surface area contributed by atoms with Crippen LogP contribution in [0.4, 0.5) is 11.4 Å². The number of hydrogen-bond donors (Lipinski definition) is 2. The fraction of sp³-hybridized carbons (Fsp3) is 0.235. The van der Waals surface area contributed by atoms with E-state index in [1.54, 1.807) is 0 Å². The van der Waals surface area contributed by atoms with Gasteiger partial charge in [-0.05, 0) is 46.6 Å². The number of ether oxygens (including phenoxy) is 1. The molecule has 0 spiro atoms. The van der Waals surface area contributed by atoms with Crippen LogP contribution in [-0.4, -0.2) is 19.1 Å². The first kappa shape index (κ1) is 16.4. The SMILES string of the molecule is CCCOc1cccc(NC(=O)CNc2ccccc2Br)c1. The molecule has 0 radical (unpaired) electrons. The van der Waals surface area contributed by atoms with Crippen LogP contribution in [0.5, 0.6) is 5.75 Å². The van der Waals surface area contributed by atoms with Gasteiger partial charge in [-0.3, -0.25) is 4.79 Å². The van der Waals surface area contributed by atoms with E-state index in [0.29, 0.717) is 6.61 Å². The van der Waals surface area contributed by atoms with Crippen LogP contribution in [0.3, 0.4) is 0 Å². The topological polar surface area (TPSA) is 50.4 Å². The largest absolute Gasteiger partial charge is 0.494 e. The molecule has 2 N–H and O–H groups in total. The predicted octanol–water partition coefficient (Wildman–Crippen LogP) is 4.29. The van der Waals surface area contributed by atoms with Gasteiger partial charge >= 0.3 is 0 Å². The average Bonchev–Trinajstić information content (AvgIpc) is 2.52. The standard InChI is InChI=1S/C17H19BrN2O2/c1-2-10-22-14-7-5-6-13(11-14)20-17(21)12-19-16-9-4-3-8-15(16)18/h3-9,11,19H,2,10,12H2,1H3,(H,20,21). The predicted molar refractivity (Wildman–Crippen MR) is 93.5 cm³/mol. The number of para-hydroxylation sites is 1. The number of rotatable bonds is 7. The molecule has 0 aromatic heterocycles. The Morgan fingerprint density at radius 1 is 1.18 bits per heavy atom. The summed E-state index contributed by atoms with van der Waals surface area (Å²) < 4.78 is 6.48. The van der Waals surface area contributed by atoms with Crippen LogP contribution in [0, 0.1) is 0 Å². The monoisotopic (exact) mass is 362 g/mol. The fourth-order valence-electron chi connectivity index (χ4n) is 1.87. The van der Waals surface area contributed by atoms with Gasteiger partial charge in [0, 0.05) is 21.9 Å². The van der Waals surface area contributed by atoms with Gasteiger partial charge in [0.05, 0.1) is 13.2 Å². The minimum atomic E-state index is -0.108.